The van der Waals surface area contributed by atoms with E-state index < -0.39 is 6.36 Å². The van der Waals surface area contributed by atoms with Gasteiger partial charge in [0.1, 0.15) is 11.6 Å². The first kappa shape index (κ1) is 24.8. The summed E-state index contributed by atoms with van der Waals surface area (Å²) in [5.41, 5.74) is 4.47. The lowest BCUT2D eigenvalue weighted by atomic mass is 9.77. The van der Waals surface area contributed by atoms with Crippen LogP contribution in [0.25, 0.3) is 11.1 Å². The van der Waals surface area contributed by atoms with Crippen LogP contribution in [0.3, 0.4) is 0 Å². The molecular formula is C29H34F4O. The van der Waals surface area contributed by atoms with E-state index in [1.807, 2.05) is 6.07 Å². The van der Waals surface area contributed by atoms with Crippen molar-refractivity contribution in [3.05, 3.63) is 65.0 Å². The van der Waals surface area contributed by atoms with Gasteiger partial charge in [-0.25, -0.2) is 4.39 Å². The number of hydrogen-bond donors (Lipinski definition) is 0. The average Bonchev–Trinajstić information content (AvgIpc) is 2.81. The predicted octanol–water partition coefficient (Wildman–Crippen LogP) is 9.19. The average molecular weight is 475 g/mol. The third-order valence-corrected chi connectivity index (χ3v) is 7.52. The molecule has 2 aromatic rings. The van der Waals surface area contributed by atoms with Gasteiger partial charge in [0.2, 0.25) is 0 Å². The fourth-order valence-corrected chi connectivity index (χ4v) is 5.52. The van der Waals surface area contributed by atoms with Crippen LogP contribution in [0.2, 0.25) is 0 Å². The standard InChI is InChI=1S/C29H34F4O/c1-2-3-4-20-5-7-21(8-6-20)9-10-22-11-12-24-18-27(28(30)19-25(24)17-22)23-13-15-26(16-14-23)34-29(31,32)33/h11,13-16,18-21H,2-10,12,17H2,1H3. The lowest BCUT2D eigenvalue weighted by molar-refractivity contribution is -0.274. The van der Waals surface area contributed by atoms with E-state index in [-0.39, 0.29) is 11.6 Å². The maximum atomic E-state index is 14.9. The lowest BCUT2D eigenvalue weighted by Crippen LogP contribution is -2.16. The zero-order chi connectivity index (χ0) is 24.1. The molecule has 2 aliphatic rings. The van der Waals surface area contributed by atoms with Crippen LogP contribution in [0.15, 0.2) is 48.0 Å². The number of rotatable bonds is 8. The first-order valence-corrected chi connectivity index (χ1v) is 12.7. The van der Waals surface area contributed by atoms with Gasteiger partial charge in [0.05, 0.1) is 0 Å². The van der Waals surface area contributed by atoms with Crippen LogP contribution in [0.5, 0.6) is 5.75 Å². The van der Waals surface area contributed by atoms with Crippen LogP contribution >= 0.6 is 0 Å². The fourth-order valence-electron chi connectivity index (χ4n) is 5.52. The minimum atomic E-state index is -4.74. The Morgan fingerprint density at radius 2 is 1.59 bits per heavy atom. The molecule has 1 saturated carbocycles. The number of allylic oxidation sites excluding steroid dienone is 2. The van der Waals surface area contributed by atoms with E-state index in [0.717, 1.165) is 42.2 Å². The van der Waals surface area contributed by atoms with Crippen molar-refractivity contribution in [2.75, 3.05) is 0 Å². The molecule has 0 N–H and O–H groups in total. The van der Waals surface area contributed by atoms with Crippen molar-refractivity contribution in [2.24, 2.45) is 11.8 Å². The predicted molar refractivity (Wildman–Crippen MR) is 128 cm³/mol. The highest BCUT2D eigenvalue weighted by Gasteiger charge is 2.31. The Hall–Kier alpha value is -2.30. The second-order valence-corrected chi connectivity index (χ2v) is 9.98. The van der Waals surface area contributed by atoms with Gasteiger partial charge >= 0.3 is 6.36 Å². The van der Waals surface area contributed by atoms with E-state index in [1.54, 1.807) is 6.07 Å². The summed E-state index contributed by atoms with van der Waals surface area (Å²) in [4.78, 5) is 0. The molecule has 0 bridgehead atoms. The molecule has 0 unspecified atom stereocenters. The molecule has 1 nitrogen and oxygen atoms in total. The van der Waals surface area contributed by atoms with Gasteiger partial charge in [-0.05, 0) is 78.5 Å². The number of alkyl halides is 3. The molecule has 2 aromatic carbocycles. The Kier molecular flexibility index (Phi) is 8.00. The monoisotopic (exact) mass is 474 g/mol. The Morgan fingerprint density at radius 1 is 0.912 bits per heavy atom. The first-order chi connectivity index (χ1) is 16.3. The summed E-state index contributed by atoms with van der Waals surface area (Å²) in [5.74, 6) is 1.11. The second-order valence-electron chi connectivity index (χ2n) is 9.98. The zero-order valence-corrected chi connectivity index (χ0v) is 19.9. The maximum absolute atomic E-state index is 14.9. The topological polar surface area (TPSA) is 9.23 Å². The molecular weight excluding hydrogens is 440 g/mol. The van der Waals surface area contributed by atoms with Gasteiger partial charge in [-0.2, -0.15) is 0 Å². The Labute approximate surface area is 200 Å². The SMILES string of the molecule is CCCCC1CCC(CCC2=CCc3cc(-c4ccc(OC(F)(F)F)cc4)c(F)cc3C2)CC1. The third kappa shape index (κ3) is 6.64. The number of fused-ring (bicyclic) bond motifs is 1. The van der Waals surface area contributed by atoms with Crippen molar-refractivity contribution in [2.45, 2.75) is 83.9 Å². The Morgan fingerprint density at radius 3 is 2.24 bits per heavy atom. The van der Waals surface area contributed by atoms with Crippen molar-refractivity contribution in [1.29, 1.82) is 0 Å². The van der Waals surface area contributed by atoms with Crippen LogP contribution in [0.1, 0.15) is 75.8 Å². The molecule has 2 aliphatic carbocycles. The number of halogens is 4. The van der Waals surface area contributed by atoms with Crippen LogP contribution in [0, 0.1) is 17.7 Å². The van der Waals surface area contributed by atoms with E-state index >= 15 is 0 Å². The number of benzene rings is 2. The molecule has 0 spiro atoms. The Bertz CT molecular complexity index is 982. The van der Waals surface area contributed by atoms with Crippen LogP contribution in [-0.2, 0) is 12.8 Å². The number of unbranched alkanes of at least 4 members (excludes halogenated alkanes) is 1. The number of hydrogen-bond acceptors (Lipinski definition) is 1. The van der Waals surface area contributed by atoms with E-state index in [2.05, 4.69) is 17.7 Å². The van der Waals surface area contributed by atoms with Crippen LogP contribution < -0.4 is 4.74 Å². The molecule has 34 heavy (non-hydrogen) atoms. The quantitative estimate of drug-likeness (QED) is 0.274. The van der Waals surface area contributed by atoms with Gasteiger partial charge in [-0.15, -0.1) is 13.2 Å². The summed E-state index contributed by atoms with van der Waals surface area (Å²) >= 11 is 0. The molecule has 0 amide bonds. The summed E-state index contributed by atoms with van der Waals surface area (Å²) < 4.78 is 56.0. The van der Waals surface area contributed by atoms with Gasteiger partial charge in [0.15, 0.2) is 0 Å². The first-order valence-electron chi connectivity index (χ1n) is 12.7. The molecule has 0 atom stereocenters. The third-order valence-electron chi connectivity index (χ3n) is 7.52. The smallest absolute Gasteiger partial charge is 0.406 e. The normalized spacial score (nSPS) is 20.6. The van der Waals surface area contributed by atoms with Gasteiger partial charge < -0.3 is 4.74 Å². The highest BCUT2D eigenvalue weighted by Crippen LogP contribution is 2.37. The van der Waals surface area contributed by atoms with Gasteiger partial charge in [-0.1, -0.05) is 75.7 Å². The van der Waals surface area contributed by atoms with E-state index in [9.17, 15) is 17.6 Å². The van der Waals surface area contributed by atoms with Crippen LogP contribution in [-0.4, -0.2) is 6.36 Å². The molecule has 5 heteroatoms. The molecule has 0 aliphatic heterocycles. The van der Waals surface area contributed by atoms with E-state index in [4.69, 9.17) is 0 Å². The van der Waals surface area contributed by atoms with Crippen molar-refractivity contribution in [3.63, 3.8) is 0 Å². The summed E-state index contributed by atoms with van der Waals surface area (Å²) in [6.07, 6.45) is 10.9. The largest absolute Gasteiger partial charge is 0.573 e. The summed E-state index contributed by atoms with van der Waals surface area (Å²) in [6, 6.07) is 8.82. The van der Waals surface area contributed by atoms with Crippen molar-refractivity contribution in [3.8, 4) is 16.9 Å². The van der Waals surface area contributed by atoms with Crippen molar-refractivity contribution in [1.82, 2.24) is 0 Å². The lowest BCUT2D eigenvalue weighted by Gasteiger charge is -2.29. The maximum Gasteiger partial charge on any atom is 0.573 e. The molecule has 0 saturated heterocycles. The summed E-state index contributed by atoms with van der Waals surface area (Å²) in [5, 5.41) is 0. The van der Waals surface area contributed by atoms with Crippen LogP contribution in [0.4, 0.5) is 17.6 Å². The Balaban J connectivity index is 1.33. The van der Waals surface area contributed by atoms with E-state index in [1.165, 1.54) is 81.2 Å². The second kappa shape index (κ2) is 11.0. The highest BCUT2D eigenvalue weighted by molar-refractivity contribution is 5.67. The van der Waals surface area contributed by atoms with Crippen molar-refractivity contribution < 1.29 is 22.3 Å². The molecule has 184 valence electrons. The highest BCUT2D eigenvalue weighted by atomic mass is 19.4. The summed E-state index contributed by atoms with van der Waals surface area (Å²) in [6.45, 7) is 2.27. The van der Waals surface area contributed by atoms with Gasteiger partial charge in [-0.3, -0.25) is 0 Å². The molecule has 0 heterocycles. The zero-order valence-electron chi connectivity index (χ0n) is 19.9. The summed E-state index contributed by atoms with van der Waals surface area (Å²) in [7, 11) is 0. The molecule has 0 radical (unpaired) electrons. The fraction of sp³-hybridized carbons (Fsp3) is 0.517. The minimum Gasteiger partial charge on any atom is -0.406 e. The molecule has 1 fully saturated rings. The minimum absolute atomic E-state index is 0.309. The van der Waals surface area contributed by atoms with E-state index in [0.29, 0.717) is 11.1 Å². The number of ether oxygens (including phenoxy) is 1. The molecule has 0 aromatic heterocycles. The molecule has 4 rings (SSSR count). The van der Waals surface area contributed by atoms with Gasteiger partial charge in [0, 0.05) is 5.56 Å². The van der Waals surface area contributed by atoms with Crippen molar-refractivity contribution >= 4 is 0 Å². The van der Waals surface area contributed by atoms with Gasteiger partial charge in [0.25, 0.3) is 0 Å².